The number of rotatable bonds is 3. The molecule has 2 heterocycles. The highest BCUT2D eigenvalue weighted by atomic mass is 32.1. The molecule has 14 heavy (non-hydrogen) atoms. The molecule has 0 aliphatic carbocycles. The van der Waals surface area contributed by atoms with E-state index in [9.17, 15) is 4.79 Å². The molecule has 0 amide bonds. The van der Waals surface area contributed by atoms with Gasteiger partial charge in [0.25, 0.3) is 5.56 Å². The molecule has 0 radical (unpaired) electrons. The molecule has 0 atom stereocenters. The zero-order valence-electron chi connectivity index (χ0n) is 8.19. The maximum atomic E-state index is 11.9. The van der Waals surface area contributed by atoms with Crippen molar-refractivity contribution in [1.29, 1.82) is 0 Å². The third-order valence-electron chi connectivity index (χ3n) is 2.34. The van der Waals surface area contributed by atoms with Crippen LogP contribution in [0.4, 0.5) is 0 Å². The Morgan fingerprint density at radius 2 is 2.29 bits per heavy atom. The molecule has 2 nitrogen and oxygen atoms in total. The van der Waals surface area contributed by atoms with Gasteiger partial charge in [0.2, 0.25) is 0 Å². The maximum Gasteiger partial charge on any atom is 0.259 e. The molecule has 2 aromatic heterocycles. The molecule has 0 saturated carbocycles. The van der Waals surface area contributed by atoms with Gasteiger partial charge in [0.05, 0.1) is 5.39 Å². The molecular weight excluding hydrogens is 194 g/mol. The summed E-state index contributed by atoms with van der Waals surface area (Å²) in [6, 6.07) is 3.93. The number of aryl methyl sites for hydroxylation is 1. The minimum Gasteiger partial charge on any atom is -0.315 e. The van der Waals surface area contributed by atoms with Crippen molar-refractivity contribution in [2.45, 2.75) is 26.3 Å². The molecule has 0 spiro atoms. The summed E-state index contributed by atoms with van der Waals surface area (Å²) in [5, 5.41) is 2.82. The van der Waals surface area contributed by atoms with E-state index in [1.807, 2.05) is 23.7 Å². The van der Waals surface area contributed by atoms with Crippen LogP contribution in [0.5, 0.6) is 0 Å². The first kappa shape index (κ1) is 9.46. The number of fused-ring (bicyclic) bond motifs is 1. The zero-order chi connectivity index (χ0) is 9.97. The van der Waals surface area contributed by atoms with E-state index in [-0.39, 0.29) is 5.56 Å². The Kier molecular flexibility index (Phi) is 2.68. The second-order valence-electron chi connectivity index (χ2n) is 3.37. The Morgan fingerprint density at radius 3 is 3.07 bits per heavy atom. The maximum absolute atomic E-state index is 11.9. The Labute approximate surface area is 86.8 Å². The highest BCUT2D eigenvalue weighted by Gasteiger charge is 2.02. The highest BCUT2D eigenvalue weighted by molar-refractivity contribution is 7.17. The summed E-state index contributed by atoms with van der Waals surface area (Å²) >= 11 is 1.62. The van der Waals surface area contributed by atoms with Crippen LogP contribution in [0.15, 0.2) is 28.5 Å². The largest absolute Gasteiger partial charge is 0.315 e. The van der Waals surface area contributed by atoms with Crippen LogP contribution < -0.4 is 5.56 Å². The van der Waals surface area contributed by atoms with Crippen LogP contribution in [0.25, 0.3) is 10.1 Å². The minimum atomic E-state index is 0.150. The molecule has 0 saturated heterocycles. The lowest BCUT2D eigenvalue weighted by atomic mass is 10.3. The van der Waals surface area contributed by atoms with Gasteiger partial charge in [-0.1, -0.05) is 13.3 Å². The minimum absolute atomic E-state index is 0.150. The summed E-state index contributed by atoms with van der Waals surface area (Å²) in [6.45, 7) is 2.97. The number of aromatic nitrogens is 1. The van der Waals surface area contributed by atoms with Crippen LogP contribution in [0, 0.1) is 0 Å². The fourth-order valence-corrected chi connectivity index (χ4v) is 2.28. The van der Waals surface area contributed by atoms with Crippen LogP contribution in [0.1, 0.15) is 19.8 Å². The summed E-state index contributed by atoms with van der Waals surface area (Å²) in [7, 11) is 0. The smallest absolute Gasteiger partial charge is 0.259 e. The topological polar surface area (TPSA) is 22.0 Å². The molecule has 2 rings (SSSR count). The third-order valence-corrected chi connectivity index (χ3v) is 3.23. The molecule has 0 bridgehead atoms. The van der Waals surface area contributed by atoms with Crippen molar-refractivity contribution in [3.8, 4) is 0 Å². The van der Waals surface area contributed by atoms with Crippen LogP contribution in [0.3, 0.4) is 0 Å². The number of unbranched alkanes of at least 4 members (excludes halogenated alkanes) is 1. The fourth-order valence-electron chi connectivity index (χ4n) is 1.51. The van der Waals surface area contributed by atoms with Gasteiger partial charge in [0.1, 0.15) is 0 Å². The van der Waals surface area contributed by atoms with Crippen LogP contribution in [0.2, 0.25) is 0 Å². The predicted molar refractivity (Wildman–Crippen MR) is 61.0 cm³/mol. The zero-order valence-corrected chi connectivity index (χ0v) is 9.01. The lowest BCUT2D eigenvalue weighted by Crippen LogP contribution is -2.18. The Balaban J connectivity index is 2.46. The number of hydrogen-bond acceptors (Lipinski definition) is 2. The van der Waals surface area contributed by atoms with Crippen LogP contribution in [-0.4, -0.2) is 4.57 Å². The summed E-state index contributed by atoms with van der Waals surface area (Å²) in [5.74, 6) is 0. The van der Waals surface area contributed by atoms with Crippen molar-refractivity contribution in [3.63, 3.8) is 0 Å². The molecule has 0 aliphatic rings. The molecule has 0 N–H and O–H groups in total. The first-order chi connectivity index (χ1) is 6.83. The molecule has 74 valence electrons. The number of hydrogen-bond donors (Lipinski definition) is 0. The molecule has 0 aliphatic heterocycles. The SMILES string of the molecule is CCCCn1ccc2sccc2c1=O. The second kappa shape index (κ2) is 3.96. The lowest BCUT2D eigenvalue weighted by Gasteiger charge is -2.03. The van der Waals surface area contributed by atoms with E-state index < -0.39 is 0 Å². The summed E-state index contributed by atoms with van der Waals surface area (Å²) in [5.41, 5.74) is 0.150. The van der Waals surface area contributed by atoms with Gasteiger partial charge in [-0.05, 0) is 23.9 Å². The molecule has 0 fully saturated rings. The van der Waals surface area contributed by atoms with Gasteiger partial charge in [0.15, 0.2) is 0 Å². The summed E-state index contributed by atoms with van der Waals surface area (Å²) in [4.78, 5) is 11.9. The molecule has 0 unspecified atom stereocenters. The molecule has 3 heteroatoms. The second-order valence-corrected chi connectivity index (χ2v) is 4.31. The van der Waals surface area contributed by atoms with Gasteiger partial charge in [0, 0.05) is 17.4 Å². The van der Waals surface area contributed by atoms with E-state index >= 15 is 0 Å². The average Bonchev–Trinajstić information content (AvgIpc) is 2.66. The first-order valence-corrected chi connectivity index (χ1v) is 5.77. The van der Waals surface area contributed by atoms with Crippen LogP contribution >= 0.6 is 11.3 Å². The van der Waals surface area contributed by atoms with E-state index in [4.69, 9.17) is 0 Å². The predicted octanol–water partition coefficient (Wildman–Crippen LogP) is 2.86. The molecule has 0 aromatic carbocycles. The fraction of sp³-hybridized carbons (Fsp3) is 0.364. The Hall–Kier alpha value is -1.09. The van der Waals surface area contributed by atoms with Crippen molar-refractivity contribution >= 4 is 21.4 Å². The van der Waals surface area contributed by atoms with E-state index in [1.54, 1.807) is 15.9 Å². The van der Waals surface area contributed by atoms with E-state index in [0.29, 0.717) is 0 Å². The van der Waals surface area contributed by atoms with Gasteiger partial charge in [-0.25, -0.2) is 0 Å². The average molecular weight is 207 g/mol. The van der Waals surface area contributed by atoms with Crippen molar-refractivity contribution in [1.82, 2.24) is 4.57 Å². The van der Waals surface area contributed by atoms with Gasteiger partial charge in [-0.2, -0.15) is 0 Å². The summed E-state index contributed by atoms with van der Waals surface area (Å²) in [6.07, 6.45) is 4.08. The van der Waals surface area contributed by atoms with E-state index in [1.165, 1.54) is 0 Å². The van der Waals surface area contributed by atoms with Crippen molar-refractivity contribution in [2.75, 3.05) is 0 Å². The molecular formula is C11H13NOS. The van der Waals surface area contributed by atoms with Crippen molar-refractivity contribution in [3.05, 3.63) is 34.1 Å². The first-order valence-electron chi connectivity index (χ1n) is 4.89. The molecule has 2 aromatic rings. The number of pyridine rings is 1. The lowest BCUT2D eigenvalue weighted by molar-refractivity contribution is 0.617. The normalized spacial score (nSPS) is 10.9. The van der Waals surface area contributed by atoms with Crippen molar-refractivity contribution < 1.29 is 0 Å². The quantitative estimate of drug-likeness (QED) is 0.758. The summed E-state index contributed by atoms with van der Waals surface area (Å²) < 4.78 is 2.89. The third kappa shape index (κ3) is 1.60. The Morgan fingerprint density at radius 1 is 1.43 bits per heavy atom. The highest BCUT2D eigenvalue weighted by Crippen LogP contribution is 2.16. The standard InChI is InChI=1S/C11H13NOS/c1-2-3-6-12-7-4-10-9(11(12)13)5-8-14-10/h4-5,7-8H,2-3,6H2,1H3. The van der Waals surface area contributed by atoms with Gasteiger partial charge >= 0.3 is 0 Å². The van der Waals surface area contributed by atoms with E-state index in [2.05, 4.69) is 6.92 Å². The van der Waals surface area contributed by atoms with Crippen molar-refractivity contribution in [2.24, 2.45) is 0 Å². The Bertz CT molecular complexity index is 483. The van der Waals surface area contributed by atoms with E-state index in [0.717, 1.165) is 29.5 Å². The van der Waals surface area contributed by atoms with Crippen LogP contribution in [-0.2, 0) is 6.54 Å². The van der Waals surface area contributed by atoms with Gasteiger partial charge in [-0.15, -0.1) is 11.3 Å². The number of nitrogens with zero attached hydrogens (tertiary/aromatic N) is 1. The van der Waals surface area contributed by atoms with Gasteiger partial charge in [-0.3, -0.25) is 4.79 Å². The van der Waals surface area contributed by atoms with Gasteiger partial charge < -0.3 is 4.57 Å². The number of thiophene rings is 1. The monoisotopic (exact) mass is 207 g/mol.